The van der Waals surface area contributed by atoms with Gasteiger partial charge in [-0.2, -0.15) is 0 Å². The number of unbranched alkanes of at least 4 members (excludes halogenated alkanes) is 6. The molecule has 0 saturated heterocycles. The molecule has 0 aliphatic rings. The molecule has 0 radical (unpaired) electrons. The van der Waals surface area contributed by atoms with Crippen molar-refractivity contribution in [2.24, 2.45) is 0 Å². The van der Waals surface area contributed by atoms with E-state index in [2.05, 4.69) is 43.4 Å². The Bertz CT molecular complexity index is 238. The van der Waals surface area contributed by atoms with Crippen molar-refractivity contribution < 1.29 is 5.11 Å². The Labute approximate surface area is 120 Å². The van der Waals surface area contributed by atoms with Crippen LogP contribution in [-0.4, -0.2) is 11.7 Å². The van der Waals surface area contributed by atoms with Crippen LogP contribution in [0.5, 0.6) is 0 Å². The predicted octanol–water partition coefficient (Wildman–Crippen LogP) is 5.57. The lowest BCUT2D eigenvalue weighted by Gasteiger charge is -1.98. The molecule has 0 aromatic heterocycles. The molecule has 0 heterocycles. The van der Waals surface area contributed by atoms with E-state index in [9.17, 15) is 0 Å². The standard InChI is InChI=1S/C18H32O/c1-2-3-4-5-6-7-8-9-10-11-12-13-14-15-16-17-18-19/h3-4,6-7,9-10,19H,2,5,8,11-18H2,1H3/b4-3?,7-6+,10-9+. The zero-order chi connectivity index (χ0) is 14.0. The lowest BCUT2D eigenvalue weighted by molar-refractivity contribution is 0.282. The largest absolute Gasteiger partial charge is 0.396 e. The van der Waals surface area contributed by atoms with Crippen LogP contribution in [0.3, 0.4) is 0 Å². The molecule has 0 rings (SSSR count). The van der Waals surface area contributed by atoms with Gasteiger partial charge in [0.2, 0.25) is 0 Å². The van der Waals surface area contributed by atoms with Crippen molar-refractivity contribution in [3.05, 3.63) is 36.5 Å². The van der Waals surface area contributed by atoms with Crippen LogP contribution in [0.25, 0.3) is 0 Å². The lowest BCUT2D eigenvalue weighted by Crippen LogP contribution is -1.83. The van der Waals surface area contributed by atoms with Crippen molar-refractivity contribution in [1.82, 2.24) is 0 Å². The Hall–Kier alpha value is -0.820. The van der Waals surface area contributed by atoms with E-state index in [0.29, 0.717) is 6.61 Å². The summed E-state index contributed by atoms with van der Waals surface area (Å²) in [6.45, 7) is 2.51. The maximum absolute atomic E-state index is 8.65. The van der Waals surface area contributed by atoms with Crippen molar-refractivity contribution in [3.63, 3.8) is 0 Å². The van der Waals surface area contributed by atoms with E-state index in [0.717, 1.165) is 25.7 Å². The molecular formula is C18H32O. The van der Waals surface area contributed by atoms with Crippen molar-refractivity contribution >= 4 is 0 Å². The second kappa shape index (κ2) is 17.2. The maximum atomic E-state index is 8.65. The quantitative estimate of drug-likeness (QED) is 0.340. The minimum atomic E-state index is 0.352. The zero-order valence-electron chi connectivity index (χ0n) is 12.7. The van der Waals surface area contributed by atoms with Crippen molar-refractivity contribution in [2.75, 3.05) is 6.61 Å². The SMILES string of the molecule is CCC=CC/C=C/C/C=C/CCCCCCCCO. The fourth-order valence-corrected chi connectivity index (χ4v) is 1.91. The van der Waals surface area contributed by atoms with Gasteiger partial charge in [-0.25, -0.2) is 0 Å². The third-order valence-corrected chi connectivity index (χ3v) is 3.06. The van der Waals surface area contributed by atoms with Gasteiger partial charge in [0.25, 0.3) is 0 Å². The lowest BCUT2D eigenvalue weighted by atomic mass is 10.1. The summed E-state index contributed by atoms with van der Waals surface area (Å²) in [7, 11) is 0. The Morgan fingerprint density at radius 1 is 0.632 bits per heavy atom. The Morgan fingerprint density at radius 3 is 1.79 bits per heavy atom. The molecule has 19 heavy (non-hydrogen) atoms. The smallest absolute Gasteiger partial charge is 0.0431 e. The van der Waals surface area contributed by atoms with E-state index in [1.54, 1.807) is 0 Å². The van der Waals surface area contributed by atoms with Gasteiger partial charge in [-0.15, -0.1) is 0 Å². The predicted molar refractivity (Wildman–Crippen MR) is 86.3 cm³/mol. The Morgan fingerprint density at radius 2 is 1.16 bits per heavy atom. The first-order chi connectivity index (χ1) is 9.41. The van der Waals surface area contributed by atoms with Gasteiger partial charge in [0.15, 0.2) is 0 Å². The highest BCUT2D eigenvalue weighted by molar-refractivity contribution is 4.96. The first-order valence-electron chi connectivity index (χ1n) is 7.97. The van der Waals surface area contributed by atoms with Crippen LogP contribution in [-0.2, 0) is 0 Å². The molecule has 1 nitrogen and oxygen atoms in total. The Kier molecular flexibility index (Phi) is 16.4. The number of aliphatic hydroxyl groups excluding tert-OH is 1. The number of rotatable bonds is 13. The molecule has 1 N–H and O–H groups in total. The van der Waals surface area contributed by atoms with Gasteiger partial charge in [0.1, 0.15) is 0 Å². The van der Waals surface area contributed by atoms with Crippen LogP contribution < -0.4 is 0 Å². The number of hydrogen-bond acceptors (Lipinski definition) is 1. The van der Waals surface area contributed by atoms with Crippen molar-refractivity contribution in [3.8, 4) is 0 Å². The van der Waals surface area contributed by atoms with E-state index in [1.165, 1.54) is 38.5 Å². The van der Waals surface area contributed by atoms with Crippen LogP contribution in [0.2, 0.25) is 0 Å². The highest BCUT2D eigenvalue weighted by Gasteiger charge is 1.89. The van der Waals surface area contributed by atoms with Crippen LogP contribution in [0.15, 0.2) is 36.5 Å². The molecule has 1 heteroatoms. The minimum Gasteiger partial charge on any atom is -0.396 e. The van der Waals surface area contributed by atoms with E-state index in [-0.39, 0.29) is 0 Å². The molecule has 0 saturated carbocycles. The third-order valence-electron chi connectivity index (χ3n) is 3.06. The summed E-state index contributed by atoms with van der Waals surface area (Å²) < 4.78 is 0. The number of aliphatic hydroxyl groups is 1. The fraction of sp³-hybridized carbons (Fsp3) is 0.667. The summed E-state index contributed by atoms with van der Waals surface area (Å²) in [5.74, 6) is 0. The van der Waals surface area contributed by atoms with E-state index < -0.39 is 0 Å². The average molecular weight is 264 g/mol. The zero-order valence-corrected chi connectivity index (χ0v) is 12.7. The second-order valence-electron chi connectivity index (χ2n) is 4.93. The summed E-state index contributed by atoms with van der Waals surface area (Å²) >= 11 is 0. The molecule has 0 amide bonds. The molecule has 0 aliphatic heterocycles. The maximum Gasteiger partial charge on any atom is 0.0431 e. The van der Waals surface area contributed by atoms with Gasteiger partial charge in [0, 0.05) is 6.61 Å². The van der Waals surface area contributed by atoms with Gasteiger partial charge in [0.05, 0.1) is 0 Å². The van der Waals surface area contributed by atoms with Gasteiger partial charge in [-0.05, 0) is 38.5 Å². The molecular weight excluding hydrogens is 232 g/mol. The van der Waals surface area contributed by atoms with Crippen molar-refractivity contribution in [1.29, 1.82) is 0 Å². The highest BCUT2D eigenvalue weighted by atomic mass is 16.2. The summed E-state index contributed by atoms with van der Waals surface area (Å²) in [6.07, 6.45) is 25.3. The van der Waals surface area contributed by atoms with Gasteiger partial charge in [-0.1, -0.05) is 69.1 Å². The third kappa shape index (κ3) is 17.2. The van der Waals surface area contributed by atoms with Gasteiger partial charge < -0.3 is 5.11 Å². The average Bonchev–Trinajstić information content (AvgIpc) is 2.43. The normalized spacial score (nSPS) is 12.3. The van der Waals surface area contributed by atoms with E-state index in [1.807, 2.05) is 0 Å². The van der Waals surface area contributed by atoms with Crippen LogP contribution in [0, 0.1) is 0 Å². The van der Waals surface area contributed by atoms with Crippen LogP contribution in [0.4, 0.5) is 0 Å². The number of allylic oxidation sites excluding steroid dienone is 6. The topological polar surface area (TPSA) is 20.2 Å². The van der Waals surface area contributed by atoms with E-state index in [4.69, 9.17) is 5.11 Å². The Balaban J connectivity index is 3.19. The van der Waals surface area contributed by atoms with Crippen molar-refractivity contribution in [2.45, 2.75) is 71.1 Å². The minimum absolute atomic E-state index is 0.352. The summed E-state index contributed by atoms with van der Waals surface area (Å²) in [6, 6.07) is 0. The molecule has 0 bridgehead atoms. The van der Waals surface area contributed by atoms with Crippen LogP contribution >= 0.6 is 0 Å². The molecule has 0 spiro atoms. The summed E-state index contributed by atoms with van der Waals surface area (Å²) in [5, 5.41) is 8.65. The molecule has 110 valence electrons. The van der Waals surface area contributed by atoms with E-state index >= 15 is 0 Å². The summed E-state index contributed by atoms with van der Waals surface area (Å²) in [5.41, 5.74) is 0. The molecule has 0 aromatic carbocycles. The molecule has 0 aliphatic carbocycles. The second-order valence-corrected chi connectivity index (χ2v) is 4.93. The van der Waals surface area contributed by atoms with Gasteiger partial charge >= 0.3 is 0 Å². The van der Waals surface area contributed by atoms with Gasteiger partial charge in [-0.3, -0.25) is 0 Å². The first-order valence-corrected chi connectivity index (χ1v) is 7.97. The number of hydrogen-bond donors (Lipinski definition) is 1. The first kappa shape index (κ1) is 18.2. The molecule has 0 atom stereocenters. The molecule has 0 fully saturated rings. The molecule has 0 unspecified atom stereocenters. The fourth-order valence-electron chi connectivity index (χ4n) is 1.91. The summed E-state index contributed by atoms with van der Waals surface area (Å²) in [4.78, 5) is 0. The highest BCUT2D eigenvalue weighted by Crippen LogP contribution is 2.07. The molecule has 0 aromatic rings. The monoisotopic (exact) mass is 264 g/mol. The van der Waals surface area contributed by atoms with Crippen LogP contribution in [0.1, 0.15) is 71.1 Å².